The molecule has 10 aromatic carbocycles. The Morgan fingerprint density at radius 3 is 1.47 bits per heavy atom. The van der Waals surface area contributed by atoms with Gasteiger partial charge in [-0.3, -0.25) is 0 Å². The first-order valence-electron chi connectivity index (χ1n) is 24.2. The van der Waals surface area contributed by atoms with Gasteiger partial charge in [0.05, 0.1) is 11.0 Å². The van der Waals surface area contributed by atoms with Gasteiger partial charge in [0, 0.05) is 27.6 Å². The zero-order valence-corrected chi connectivity index (χ0v) is 39.4. The van der Waals surface area contributed by atoms with Crippen molar-refractivity contribution in [1.29, 1.82) is 0 Å². The first-order chi connectivity index (χ1) is 35.6. The Balaban J connectivity index is 0.899. The van der Waals surface area contributed by atoms with E-state index in [4.69, 9.17) is 4.42 Å². The van der Waals surface area contributed by atoms with Gasteiger partial charge >= 0.3 is 0 Å². The standard InChI is InChI=1S/C68H47N3O/c1-2-48(49-19-6-3-7-20-49)25-16-18-47-32-42-65-63(44-47)64-46-57(56-27-17-26-55(45-56)50-21-8-4-9-22-50)39-43-66(64)71(65)58-40-37-52(38-41-58)60-29-13-15-31-62(60)61-30-14-12-28-59(61)51-33-35-54(36-34-51)68-70-69-67(72-68)53-23-10-5-11-24-53/h2-46H,1H2/b18-16-,48-25+. The normalized spacial score (nSPS) is 11.7. The summed E-state index contributed by atoms with van der Waals surface area (Å²) in [5.74, 6) is 0.994. The van der Waals surface area contributed by atoms with Gasteiger partial charge in [-0.2, -0.15) is 0 Å². The molecule has 0 aliphatic rings. The number of hydrogen-bond donors (Lipinski definition) is 0. The Morgan fingerprint density at radius 1 is 0.389 bits per heavy atom. The molecule has 0 radical (unpaired) electrons. The fraction of sp³-hybridized carbons (Fsp3) is 0. The van der Waals surface area contributed by atoms with E-state index in [1.807, 2.05) is 42.5 Å². The fourth-order valence-corrected chi connectivity index (χ4v) is 9.85. The highest BCUT2D eigenvalue weighted by atomic mass is 16.4. The molecule has 0 saturated heterocycles. The average Bonchev–Trinajstić information content (AvgIpc) is 4.09. The minimum absolute atomic E-state index is 0.491. The van der Waals surface area contributed by atoms with Crippen LogP contribution >= 0.6 is 0 Å². The van der Waals surface area contributed by atoms with Gasteiger partial charge in [-0.1, -0.05) is 213 Å². The molecule has 12 aromatic rings. The fourth-order valence-electron chi connectivity index (χ4n) is 9.85. The van der Waals surface area contributed by atoms with E-state index in [1.54, 1.807) is 0 Å². The summed E-state index contributed by atoms with van der Waals surface area (Å²) < 4.78 is 8.48. The summed E-state index contributed by atoms with van der Waals surface area (Å²) in [5, 5.41) is 11.1. The lowest BCUT2D eigenvalue weighted by molar-refractivity contribution is 0.584. The van der Waals surface area contributed by atoms with Crippen LogP contribution in [0.5, 0.6) is 0 Å². The second-order valence-electron chi connectivity index (χ2n) is 17.8. The maximum Gasteiger partial charge on any atom is 0.248 e. The molecule has 0 amide bonds. The third-order valence-electron chi connectivity index (χ3n) is 13.5. The molecule has 0 unspecified atom stereocenters. The molecule has 72 heavy (non-hydrogen) atoms. The number of fused-ring (bicyclic) bond motifs is 3. The Morgan fingerprint density at radius 2 is 0.847 bits per heavy atom. The van der Waals surface area contributed by atoms with Crippen LogP contribution in [-0.4, -0.2) is 14.8 Å². The molecular weight excluding hydrogens is 875 g/mol. The summed E-state index contributed by atoms with van der Waals surface area (Å²) in [7, 11) is 0. The van der Waals surface area contributed by atoms with E-state index in [1.165, 1.54) is 33.0 Å². The van der Waals surface area contributed by atoms with Gasteiger partial charge in [0.25, 0.3) is 0 Å². The molecule has 0 bridgehead atoms. The number of rotatable bonds is 12. The van der Waals surface area contributed by atoms with Crippen molar-refractivity contribution in [1.82, 2.24) is 14.8 Å². The molecule has 4 nitrogen and oxygen atoms in total. The van der Waals surface area contributed by atoms with Crippen LogP contribution in [-0.2, 0) is 0 Å². The van der Waals surface area contributed by atoms with Crippen molar-refractivity contribution in [3.8, 4) is 84.2 Å². The molecule has 340 valence electrons. The van der Waals surface area contributed by atoms with Gasteiger partial charge in [-0.15, -0.1) is 10.2 Å². The van der Waals surface area contributed by atoms with Crippen molar-refractivity contribution in [3.05, 3.63) is 285 Å². The van der Waals surface area contributed by atoms with E-state index in [0.717, 1.165) is 77.9 Å². The summed E-state index contributed by atoms with van der Waals surface area (Å²) in [6.07, 6.45) is 8.34. The van der Waals surface area contributed by atoms with E-state index in [9.17, 15) is 0 Å². The lowest BCUT2D eigenvalue weighted by Gasteiger charge is -2.16. The number of nitrogens with zero attached hydrogens (tertiary/aromatic N) is 3. The summed E-state index contributed by atoms with van der Waals surface area (Å²) in [4.78, 5) is 0. The number of benzene rings is 10. The molecule has 0 spiro atoms. The summed E-state index contributed by atoms with van der Waals surface area (Å²) in [6.45, 7) is 4.09. The van der Waals surface area contributed by atoms with Crippen molar-refractivity contribution in [3.63, 3.8) is 0 Å². The highest BCUT2D eigenvalue weighted by Crippen LogP contribution is 2.41. The van der Waals surface area contributed by atoms with Crippen LogP contribution in [0.3, 0.4) is 0 Å². The van der Waals surface area contributed by atoms with Gasteiger partial charge in [0.2, 0.25) is 11.8 Å². The summed E-state index contributed by atoms with van der Waals surface area (Å²) in [5.41, 5.74) is 20.1. The van der Waals surface area contributed by atoms with Gasteiger partial charge in [-0.25, -0.2) is 0 Å². The van der Waals surface area contributed by atoms with Crippen LogP contribution in [0, 0.1) is 0 Å². The predicted molar refractivity (Wildman–Crippen MR) is 300 cm³/mol. The third-order valence-corrected chi connectivity index (χ3v) is 13.5. The van der Waals surface area contributed by atoms with Crippen molar-refractivity contribution >= 4 is 33.5 Å². The van der Waals surface area contributed by atoms with E-state index < -0.39 is 0 Å². The van der Waals surface area contributed by atoms with Crippen LogP contribution in [0.15, 0.2) is 278 Å². The van der Waals surface area contributed by atoms with Crippen molar-refractivity contribution < 1.29 is 4.42 Å². The maximum absolute atomic E-state index is 6.08. The molecule has 0 aliphatic heterocycles. The highest BCUT2D eigenvalue weighted by molar-refractivity contribution is 6.11. The van der Waals surface area contributed by atoms with Crippen LogP contribution in [0.2, 0.25) is 0 Å². The zero-order valence-electron chi connectivity index (χ0n) is 39.4. The average molecular weight is 922 g/mol. The van der Waals surface area contributed by atoms with Gasteiger partial charge in [0.15, 0.2) is 0 Å². The molecule has 0 atom stereocenters. The van der Waals surface area contributed by atoms with E-state index in [0.29, 0.717) is 11.8 Å². The molecule has 12 rings (SSSR count). The predicted octanol–water partition coefficient (Wildman–Crippen LogP) is 18.1. The van der Waals surface area contributed by atoms with E-state index in [-0.39, 0.29) is 0 Å². The molecule has 0 aliphatic carbocycles. The van der Waals surface area contributed by atoms with Crippen LogP contribution < -0.4 is 0 Å². The van der Waals surface area contributed by atoms with Gasteiger partial charge < -0.3 is 8.98 Å². The number of allylic oxidation sites excluding steroid dienone is 4. The molecular formula is C68H47N3O. The molecule has 2 heterocycles. The quantitative estimate of drug-likeness (QED) is 0.115. The summed E-state index contributed by atoms with van der Waals surface area (Å²) >= 11 is 0. The minimum Gasteiger partial charge on any atom is -0.416 e. The third kappa shape index (κ3) is 8.59. The Bertz CT molecular complexity index is 3960. The zero-order chi connectivity index (χ0) is 48.2. The highest BCUT2D eigenvalue weighted by Gasteiger charge is 2.17. The maximum atomic E-state index is 6.08. The van der Waals surface area contributed by atoms with Crippen LogP contribution in [0.25, 0.3) is 118 Å². The number of aromatic nitrogens is 3. The Kier molecular flexibility index (Phi) is 11.8. The first-order valence-corrected chi connectivity index (χ1v) is 24.2. The van der Waals surface area contributed by atoms with E-state index in [2.05, 4.69) is 252 Å². The molecule has 0 fully saturated rings. The Hall–Kier alpha value is -9.64. The van der Waals surface area contributed by atoms with Gasteiger partial charge in [-0.05, 0) is 139 Å². The SMILES string of the molecule is C=C/C(=C\C=C/c1ccc2c(c1)c1cc(-c3cccc(-c4ccccc4)c3)ccc1n2-c1ccc(-c2ccccc2-c2ccccc2-c2ccc(-c3nnc(-c4ccccc4)o3)cc2)cc1)c1ccccc1. The minimum atomic E-state index is 0.491. The van der Waals surface area contributed by atoms with Crippen molar-refractivity contribution in [2.45, 2.75) is 0 Å². The van der Waals surface area contributed by atoms with Gasteiger partial charge in [0.1, 0.15) is 0 Å². The Labute approximate surface area is 419 Å². The number of hydrogen-bond acceptors (Lipinski definition) is 3. The lowest BCUT2D eigenvalue weighted by atomic mass is 9.89. The molecule has 2 aromatic heterocycles. The first kappa shape index (κ1) is 43.6. The van der Waals surface area contributed by atoms with Crippen LogP contribution in [0.4, 0.5) is 0 Å². The topological polar surface area (TPSA) is 43.9 Å². The van der Waals surface area contributed by atoms with Crippen LogP contribution in [0.1, 0.15) is 11.1 Å². The van der Waals surface area contributed by atoms with Crippen molar-refractivity contribution in [2.24, 2.45) is 0 Å². The summed E-state index contributed by atoms with van der Waals surface area (Å²) in [6, 6.07) is 88.1. The van der Waals surface area contributed by atoms with E-state index >= 15 is 0 Å². The molecule has 4 heteroatoms. The molecule has 0 saturated carbocycles. The second kappa shape index (κ2) is 19.4. The molecule has 0 N–H and O–H groups in total. The largest absolute Gasteiger partial charge is 0.416 e. The smallest absolute Gasteiger partial charge is 0.248 e. The lowest BCUT2D eigenvalue weighted by Crippen LogP contribution is -1.94. The second-order valence-corrected chi connectivity index (χ2v) is 17.8. The van der Waals surface area contributed by atoms with Crippen molar-refractivity contribution in [2.75, 3.05) is 0 Å². The monoisotopic (exact) mass is 921 g/mol.